The molecule has 1 aromatic carbocycles. The second kappa shape index (κ2) is 7.99. The van der Waals surface area contributed by atoms with Gasteiger partial charge >= 0.3 is 0 Å². The third-order valence-electron chi connectivity index (χ3n) is 3.40. The third kappa shape index (κ3) is 4.60. The topological polar surface area (TPSA) is 39.2 Å². The zero-order valence-corrected chi connectivity index (χ0v) is 14.0. The molecule has 116 valence electrons. The molecule has 1 heterocycles. The maximum atomic E-state index is 11.2. The van der Waals surface area contributed by atoms with E-state index in [1.165, 1.54) is 30.9 Å². The first-order valence-electron chi connectivity index (χ1n) is 7.54. The van der Waals surface area contributed by atoms with Crippen molar-refractivity contribution in [3.63, 3.8) is 0 Å². The molecule has 0 bridgehead atoms. The van der Waals surface area contributed by atoms with Gasteiger partial charge < -0.3 is 4.74 Å². The van der Waals surface area contributed by atoms with Crippen LogP contribution in [-0.4, -0.2) is 16.0 Å². The monoisotopic (exact) mass is 315 g/mol. The van der Waals surface area contributed by atoms with E-state index in [1.807, 2.05) is 23.9 Å². The minimum absolute atomic E-state index is 0.00169. The van der Waals surface area contributed by atoms with Gasteiger partial charge in [-0.2, -0.15) is 0 Å². The van der Waals surface area contributed by atoms with Crippen molar-refractivity contribution in [1.82, 2.24) is 4.98 Å². The minimum atomic E-state index is 0.00169. The minimum Gasteiger partial charge on any atom is -0.439 e. The van der Waals surface area contributed by atoms with E-state index in [4.69, 9.17) is 4.74 Å². The number of carbonyl (C=O) groups is 1. The van der Waals surface area contributed by atoms with Crippen LogP contribution in [0.4, 0.5) is 0 Å². The zero-order valence-electron chi connectivity index (χ0n) is 13.2. The third-order valence-corrected chi connectivity index (χ3v) is 4.95. The lowest BCUT2D eigenvalue weighted by molar-refractivity contribution is 0.101. The molecule has 0 saturated carbocycles. The van der Waals surface area contributed by atoms with Gasteiger partial charge in [0.15, 0.2) is 5.78 Å². The Hall–Kier alpha value is -1.81. The van der Waals surface area contributed by atoms with Crippen molar-refractivity contribution in [2.24, 2.45) is 0 Å². The molecule has 0 saturated heterocycles. The molecule has 0 amide bonds. The van der Waals surface area contributed by atoms with Crippen LogP contribution in [0.1, 0.15) is 44.0 Å². The number of ether oxygens (including phenoxy) is 1. The smallest absolute Gasteiger partial charge is 0.219 e. The molecule has 0 atom stereocenters. The van der Waals surface area contributed by atoms with Gasteiger partial charge in [-0.15, -0.1) is 11.8 Å². The molecule has 0 radical (unpaired) electrons. The fourth-order valence-electron chi connectivity index (χ4n) is 2.00. The number of ketones is 1. The highest BCUT2D eigenvalue weighted by molar-refractivity contribution is 8.00. The van der Waals surface area contributed by atoms with Crippen LogP contribution in [0.15, 0.2) is 47.5 Å². The van der Waals surface area contributed by atoms with Crippen molar-refractivity contribution >= 4 is 17.5 Å². The van der Waals surface area contributed by atoms with Crippen LogP contribution in [-0.2, 0) is 0 Å². The Bertz CT molecular complexity index is 604. The Morgan fingerprint density at radius 3 is 2.32 bits per heavy atom. The van der Waals surface area contributed by atoms with Crippen LogP contribution in [0.5, 0.6) is 11.6 Å². The second-order valence-corrected chi connectivity index (χ2v) is 6.44. The number of hydrogen-bond acceptors (Lipinski definition) is 4. The lowest BCUT2D eigenvalue weighted by atomic mass is 10.2. The summed E-state index contributed by atoms with van der Waals surface area (Å²) in [4.78, 5) is 16.6. The van der Waals surface area contributed by atoms with Crippen LogP contribution in [0, 0.1) is 0 Å². The Kier molecular flexibility index (Phi) is 6.01. The van der Waals surface area contributed by atoms with E-state index in [9.17, 15) is 4.79 Å². The summed E-state index contributed by atoms with van der Waals surface area (Å²) < 4.78 is 5.69. The van der Waals surface area contributed by atoms with Gasteiger partial charge in [0.1, 0.15) is 5.75 Å². The first-order valence-corrected chi connectivity index (χ1v) is 8.42. The van der Waals surface area contributed by atoms with Crippen LogP contribution in [0.2, 0.25) is 0 Å². The predicted octanol–water partition coefficient (Wildman–Crippen LogP) is 5.36. The number of aromatic nitrogens is 1. The highest BCUT2D eigenvalue weighted by Crippen LogP contribution is 2.29. The Morgan fingerprint density at radius 1 is 1.14 bits per heavy atom. The van der Waals surface area contributed by atoms with E-state index in [0.717, 1.165) is 5.75 Å². The summed E-state index contributed by atoms with van der Waals surface area (Å²) >= 11 is 1.90. The molecule has 0 fully saturated rings. The molecule has 0 unspecified atom stereocenters. The van der Waals surface area contributed by atoms with Gasteiger partial charge in [-0.05, 0) is 50.1 Å². The highest BCUT2D eigenvalue weighted by atomic mass is 32.2. The van der Waals surface area contributed by atoms with Crippen molar-refractivity contribution in [1.29, 1.82) is 0 Å². The molecular weight excluding hydrogens is 294 g/mol. The summed E-state index contributed by atoms with van der Waals surface area (Å²) in [5.41, 5.74) is 0.587. The lowest BCUT2D eigenvalue weighted by Gasteiger charge is -2.12. The van der Waals surface area contributed by atoms with Gasteiger partial charge in [-0.25, -0.2) is 4.98 Å². The fraction of sp³-hybridized carbons (Fsp3) is 0.333. The van der Waals surface area contributed by atoms with Crippen LogP contribution < -0.4 is 4.74 Å². The first kappa shape index (κ1) is 16.6. The highest BCUT2D eigenvalue weighted by Gasteiger charge is 2.06. The lowest BCUT2D eigenvalue weighted by Crippen LogP contribution is -1.97. The number of pyridine rings is 1. The number of thioether (sulfide) groups is 1. The number of rotatable bonds is 7. The van der Waals surface area contributed by atoms with E-state index < -0.39 is 0 Å². The summed E-state index contributed by atoms with van der Waals surface area (Å²) in [5, 5.41) is 0.660. The van der Waals surface area contributed by atoms with Crippen LogP contribution in [0.25, 0.3) is 0 Å². The average molecular weight is 315 g/mol. The quantitative estimate of drug-likeness (QED) is 0.509. The van der Waals surface area contributed by atoms with Crippen molar-refractivity contribution in [3.05, 3.63) is 48.2 Å². The zero-order chi connectivity index (χ0) is 15.9. The summed E-state index contributed by atoms with van der Waals surface area (Å²) in [7, 11) is 0. The molecule has 0 aliphatic carbocycles. The Morgan fingerprint density at radius 2 is 1.82 bits per heavy atom. The van der Waals surface area contributed by atoms with E-state index in [1.54, 1.807) is 12.1 Å². The molecule has 22 heavy (non-hydrogen) atoms. The van der Waals surface area contributed by atoms with Gasteiger partial charge in [-0.3, -0.25) is 4.79 Å². The van der Waals surface area contributed by atoms with Gasteiger partial charge in [0, 0.05) is 28.0 Å². The molecule has 0 aliphatic rings. The first-order chi connectivity index (χ1) is 10.6. The van der Waals surface area contributed by atoms with E-state index in [0.29, 0.717) is 16.7 Å². The maximum absolute atomic E-state index is 11.2. The number of nitrogens with zero attached hydrogens (tertiary/aromatic N) is 1. The standard InChI is InChI=1S/C18H21NO2S/c1-4-16(5-2)22-17-9-7-15(8-10-17)21-18-11-6-14(12-19-18)13(3)20/h6-12,16H,4-5H2,1-3H3. The molecule has 3 nitrogen and oxygen atoms in total. The molecule has 0 N–H and O–H groups in total. The fourth-order valence-corrected chi connectivity index (χ4v) is 3.02. The molecule has 2 rings (SSSR count). The van der Waals surface area contributed by atoms with Gasteiger partial charge in [-0.1, -0.05) is 13.8 Å². The van der Waals surface area contributed by atoms with Gasteiger partial charge in [0.2, 0.25) is 5.88 Å². The molecule has 2 aromatic rings. The van der Waals surface area contributed by atoms with E-state index >= 15 is 0 Å². The second-order valence-electron chi connectivity index (χ2n) is 5.07. The SMILES string of the molecule is CCC(CC)Sc1ccc(Oc2ccc(C(C)=O)cn2)cc1. The van der Waals surface area contributed by atoms with Crippen molar-refractivity contribution in [2.45, 2.75) is 43.8 Å². The van der Waals surface area contributed by atoms with Gasteiger partial charge in [0.25, 0.3) is 0 Å². The van der Waals surface area contributed by atoms with Crippen molar-refractivity contribution in [2.75, 3.05) is 0 Å². The van der Waals surface area contributed by atoms with Crippen LogP contribution in [0.3, 0.4) is 0 Å². The average Bonchev–Trinajstić information content (AvgIpc) is 2.54. The molecule has 1 aromatic heterocycles. The number of Topliss-reactive ketones (excluding diaryl/α,β-unsaturated/α-hetero) is 1. The molecule has 4 heteroatoms. The summed E-state index contributed by atoms with van der Waals surface area (Å²) in [6.45, 7) is 5.96. The van der Waals surface area contributed by atoms with Crippen LogP contribution >= 0.6 is 11.8 Å². The summed E-state index contributed by atoms with van der Waals surface area (Å²) in [6.07, 6.45) is 3.88. The number of hydrogen-bond donors (Lipinski definition) is 0. The Labute approximate surface area is 136 Å². The van der Waals surface area contributed by atoms with Crippen molar-refractivity contribution in [3.8, 4) is 11.6 Å². The van der Waals surface area contributed by atoms with Crippen molar-refractivity contribution < 1.29 is 9.53 Å². The maximum Gasteiger partial charge on any atom is 0.219 e. The largest absolute Gasteiger partial charge is 0.439 e. The molecular formula is C18H21NO2S. The summed E-state index contributed by atoms with van der Waals surface area (Å²) in [5.74, 6) is 1.24. The predicted molar refractivity (Wildman–Crippen MR) is 91.0 cm³/mol. The number of carbonyl (C=O) groups excluding carboxylic acids is 1. The van der Waals surface area contributed by atoms with E-state index in [-0.39, 0.29) is 5.78 Å². The van der Waals surface area contributed by atoms with E-state index in [2.05, 4.69) is 31.0 Å². The van der Waals surface area contributed by atoms with Gasteiger partial charge in [0.05, 0.1) is 0 Å². The molecule has 0 aliphatic heterocycles. The summed E-state index contributed by atoms with van der Waals surface area (Å²) in [6, 6.07) is 11.5. The Balaban J connectivity index is 2.00. The molecule has 0 spiro atoms. The number of benzene rings is 1. The normalized spacial score (nSPS) is 10.7.